The summed E-state index contributed by atoms with van der Waals surface area (Å²) in [6.45, 7) is 0. The average Bonchev–Trinajstić information content (AvgIpc) is 1.99. The van der Waals surface area contributed by atoms with Gasteiger partial charge in [-0.1, -0.05) is 5.11 Å². The standard InChI is InChI=1S/C7H5ClIN3O2S/c8-15(13,14)4-5-1-6(9)3-7(2-5)11-12-10/h1-3H,4H2. The van der Waals surface area contributed by atoms with E-state index in [4.69, 9.17) is 16.2 Å². The van der Waals surface area contributed by atoms with E-state index in [0.29, 0.717) is 11.3 Å². The molecule has 0 radical (unpaired) electrons. The maximum Gasteiger partial charge on any atom is 0.236 e. The Bertz CT molecular complexity index is 525. The van der Waals surface area contributed by atoms with Crippen LogP contribution in [0.3, 0.4) is 0 Å². The summed E-state index contributed by atoms with van der Waals surface area (Å²) in [6, 6.07) is 4.79. The van der Waals surface area contributed by atoms with Gasteiger partial charge in [0.05, 0.1) is 5.75 Å². The van der Waals surface area contributed by atoms with Gasteiger partial charge in [0.15, 0.2) is 0 Å². The molecule has 8 heteroatoms. The van der Waals surface area contributed by atoms with Crippen molar-refractivity contribution in [1.29, 1.82) is 0 Å². The third kappa shape index (κ3) is 4.70. The van der Waals surface area contributed by atoms with Gasteiger partial charge >= 0.3 is 0 Å². The molecule has 0 bridgehead atoms. The minimum absolute atomic E-state index is 0.278. The second kappa shape index (κ2) is 5.02. The summed E-state index contributed by atoms with van der Waals surface area (Å²) in [5.41, 5.74) is 9.12. The molecule has 0 amide bonds. The Hall–Kier alpha value is -0.500. The third-order valence-electron chi connectivity index (χ3n) is 1.44. The van der Waals surface area contributed by atoms with Gasteiger partial charge in [-0.05, 0) is 51.9 Å². The molecule has 0 heterocycles. The number of hydrogen-bond acceptors (Lipinski definition) is 3. The number of azide groups is 1. The van der Waals surface area contributed by atoms with Crippen LogP contribution in [-0.2, 0) is 14.8 Å². The second-order valence-electron chi connectivity index (χ2n) is 2.69. The van der Waals surface area contributed by atoms with Gasteiger partial charge in [0.1, 0.15) is 0 Å². The molecule has 0 saturated carbocycles. The number of halogens is 2. The molecule has 5 nitrogen and oxygen atoms in total. The van der Waals surface area contributed by atoms with Crippen molar-refractivity contribution in [3.8, 4) is 0 Å². The van der Waals surface area contributed by atoms with Crippen molar-refractivity contribution < 1.29 is 8.42 Å². The summed E-state index contributed by atoms with van der Waals surface area (Å²) >= 11 is 2.00. The molecular weight excluding hydrogens is 353 g/mol. The van der Waals surface area contributed by atoms with Crippen LogP contribution in [0.25, 0.3) is 10.4 Å². The van der Waals surface area contributed by atoms with Gasteiger partial charge in [-0.3, -0.25) is 0 Å². The number of hydrogen-bond donors (Lipinski definition) is 0. The molecule has 0 N–H and O–H groups in total. The van der Waals surface area contributed by atoms with Crippen LogP contribution in [0.15, 0.2) is 23.3 Å². The molecule has 1 rings (SSSR count). The fourth-order valence-corrected chi connectivity index (χ4v) is 2.69. The van der Waals surface area contributed by atoms with E-state index < -0.39 is 9.05 Å². The monoisotopic (exact) mass is 357 g/mol. The highest BCUT2D eigenvalue weighted by atomic mass is 127. The summed E-state index contributed by atoms with van der Waals surface area (Å²) in [7, 11) is 1.52. The molecule has 0 aliphatic carbocycles. The van der Waals surface area contributed by atoms with E-state index in [9.17, 15) is 8.42 Å². The normalized spacial score (nSPS) is 10.8. The minimum atomic E-state index is -3.59. The van der Waals surface area contributed by atoms with E-state index in [-0.39, 0.29) is 5.75 Å². The quantitative estimate of drug-likeness (QED) is 0.273. The van der Waals surface area contributed by atoms with E-state index in [1.807, 2.05) is 22.6 Å². The average molecular weight is 358 g/mol. The first-order valence-electron chi connectivity index (χ1n) is 3.67. The summed E-state index contributed by atoms with van der Waals surface area (Å²) in [5, 5.41) is 3.40. The zero-order valence-electron chi connectivity index (χ0n) is 7.26. The van der Waals surface area contributed by atoms with Gasteiger partial charge in [-0.15, -0.1) is 0 Å². The number of nitrogens with zero attached hydrogens (tertiary/aromatic N) is 3. The van der Waals surface area contributed by atoms with Crippen molar-refractivity contribution in [1.82, 2.24) is 0 Å². The summed E-state index contributed by atoms with van der Waals surface area (Å²) in [4.78, 5) is 2.62. The van der Waals surface area contributed by atoms with E-state index in [1.165, 1.54) is 6.07 Å². The van der Waals surface area contributed by atoms with Crippen molar-refractivity contribution in [3.63, 3.8) is 0 Å². The smallest absolute Gasteiger partial charge is 0.212 e. The van der Waals surface area contributed by atoms with Crippen LogP contribution in [0.4, 0.5) is 5.69 Å². The van der Waals surface area contributed by atoms with Crippen LogP contribution in [-0.4, -0.2) is 8.42 Å². The van der Waals surface area contributed by atoms with Crippen LogP contribution in [0.1, 0.15) is 5.56 Å². The first-order valence-corrected chi connectivity index (χ1v) is 7.23. The first-order chi connectivity index (χ1) is 6.90. The molecule has 0 saturated heterocycles. The van der Waals surface area contributed by atoms with Gasteiger partial charge in [0.25, 0.3) is 0 Å². The lowest BCUT2D eigenvalue weighted by Crippen LogP contribution is -1.95. The fraction of sp³-hybridized carbons (Fsp3) is 0.143. The fourth-order valence-electron chi connectivity index (χ4n) is 1.03. The van der Waals surface area contributed by atoms with Crippen LogP contribution >= 0.6 is 33.3 Å². The molecule has 1 aromatic carbocycles. The Morgan fingerprint density at radius 2 is 2.13 bits per heavy atom. The molecule has 15 heavy (non-hydrogen) atoms. The topological polar surface area (TPSA) is 82.9 Å². The van der Waals surface area contributed by atoms with E-state index in [1.54, 1.807) is 12.1 Å². The van der Waals surface area contributed by atoms with Crippen LogP contribution in [0, 0.1) is 3.57 Å². The lowest BCUT2D eigenvalue weighted by Gasteiger charge is -2.01. The molecule has 80 valence electrons. The largest absolute Gasteiger partial charge is 0.236 e. The minimum Gasteiger partial charge on any atom is -0.212 e. The Labute approximate surface area is 105 Å². The third-order valence-corrected chi connectivity index (χ3v) is 3.07. The summed E-state index contributed by atoms with van der Waals surface area (Å²) < 4.78 is 22.5. The molecule has 0 aliphatic heterocycles. The molecule has 0 unspecified atom stereocenters. The lowest BCUT2D eigenvalue weighted by molar-refractivity contribution is 0.609. The summed E-state index contributed by atoms with van der Waals surface area (Å²) in [6.07, 6.45) is 0. The second-order valence-corrected chi connectivity index (χ2v) is 6.71. The number of benzene rings is 1. The van der Waals surface area contributed by atoms with E-state index >= 15 is 0 Å². The van der Waals surface area contributed by atoms with Crippen molar-refractivity contribution in [3.05, 3.63) is 37.8 Å². The molecule has 0 aliphatic rings. The molecule has 1 aromatic rings. The maximum atomic E-state index is 10.8. The molecule has 0 spiro atoms. The molecule has 0 atom stereocenters. The van der Waals surface area contributed by atoms with Crippen molar-refractivity contribution in [2.24, 2.45) is 5.11 Å². The van der Waals surface area contributed by atoms with Crippen LogP contribution < -0.4 is 0 Å². The van der Waals surface area contributed by atoms with Crippen LogP contribution in [0.2, 0.25) is 0 Å². The van der Waals surface area contributed by atoms with E-state index in [2.05, 4.69) is 10.0 Å². The van der Waals surface area contributed by atoms with Gasteiger partial charge in [0.2, 0.25) is 9.05 Å². The Morgan fingerprint density at radius 1 is 1.47 bits per heavy atom. The van der Waals surface area contributed by atoms with Gasteiger partial charge < -0.3 is 0 Å². The molecular formula is C7H5ClIN3O2S. The predicted molar refractivity (Wildman–Crippen MR) is 66.4 cm³/mol. The predicted octanol–water partition coefficient (Wildman–Crippen LogP) is 3.30. The van der Waals surface area contributed by atoms with Crippen molar-refractivity contribution >= 4 is 48.0 Å². The van der Waals surface area contributed by atoms with Gasteiger partial charge in [0, 0.05) is 24.9 Å². The summed E-state index contributed by atoms with van der Waals surface area (Å²) in [5.74, 6) is -0.278. The van der Waals surface area contributed by atoms with Crippen molar-refractivity contribution in [2.45, 2.75) is 5.75 Å². The lowest BCUT2D eigenvalue weighted by atomic mass is 10.2. The first kappa shape index (κ1) is 12.6. The SMILES string of the molecule is [N-]=[N+]=Nc1cc(I)cc(CS(=O)(=O)Cl)c1. The molecule has 0 fully saturated rings. The zero-order valence-corrected chi connectivity index (χ0v) is 11.0. The molecule has 0 aromatic heterocycles. The van der Waals surface area contributed by atoms with Gasteiger partial charge in [-0.25, -0.2) is 8.42 Å². The highest BCUT2D eigenvalue weighted by molar-refractivity contribution is 14.1. The van der Waals surface area contributed by atoms with Gasteiger partial charge in [-0.2, -0.15) is 0 Å². The highest BCUT2D eigenvalue weighted by Gasteiger charge is 2.08. The highest BCUT2D eigenvalue weighted by Crippen LogP contribution is 2.21. The Kier molecular flexibility index (Phi) is 4.21. The van der Waals surface area contributed by atoms with Crippen molar-refractivity contribution in [2.75, 3.05) is 0 Å². The van der Waals surface area contributed by atoms with E-state index in [0.717, 1.165) is 3.57 Å². The maximum absolute atomic E-state index is 10.8. The Balaban J connectivity index is 3.14. The number of rotatable bonds is 3. The zero-order chi connectivity index (χ0) is 11.5. The Morgan fingerprint density at radius 3 is 2.67 bits per heavy atom. The van der Waals surface area contributed by atoms with Crippen LogP contribution in [0.5, 0.6) is 0 Å².